The third kappa shape index (κ3) is 3.22. The van der Waals surface area contributed by atoms with Gasteiger partial charge in [0.05, 0.1) is 0 Å². The summed E-state index contributed by atoms with van der Waals surface area (Å²) in [6.45, 7) is 4.18. The summed E-state index contributed by atoms with van der Waals surface area (Å²) in [6, 6.07) is 7.83. The van der Waals surface area contributed by atoms with Gasteiger partial charge >= 0.3 is 0 Å². The first-order valence-electron chi connectivity index (χ1n) is 6.23. The highest BCUT2D eigenvalue weighted by atomic mass is 35.6. The standard InChI is InChI=1S/C14H15Cl3N2O/c1-9(2)19(13(20)14(15,16)17)8-10-7-18-12-6-4-3-5-11(10)12/h3-7,9,18H,8H2,1-2H3. The highest BCUT2D eigenvalue weighted by Gasteiger charge is 2.36. The Labute approximate surface area is 132 Å². The first-order chi connectivity index (χ1) is 9.30. The predicted octanol–water partition coefficient (Wildman–Crippen LogP) is 4.28. The van der Waals surface area contributed by atoms with Gasteiger partial charge in [0, 0.05) is 29.7 Å². The van der Waals surface area contributed by atoms with E-state index in [2.05, 4.69) is 4.98 Å². The summed E-state index contributed by atoms with van der Waals surface area (Å²) in [5.41, 5.74) is 2.02. The summed E-state index contributed by atoms with van der Waals surface area (Å²) >= 11 is 17.1. The van der Waals surface area contributed by atoms with Crippen molar-refractivity contribution in [1.29, 1.82) is 0 Å². The zero-order chi connectivity index (χ0) is 14.9. The number of carbonyl (C=O) groups is 1. The highest BCUT2D eigenvalue weighted by molar-refractivity contribution is 6.76. The molecule has 0 aliphatic carbocycles. The number of H-pyrrole nitrogens is 1. The Kier molecular flexibility index (Phi) is 4.52. The van der Waals surface area contributed by atoms with Gasteiger partial charge in [0.15, 0.2) is 0 Å². The van der Waals surface area contributed by atoms with E-state index in [1.54, 1.807) is 4.90 Å². The molecule has 0 unspecified atom stereocenters. The molecule has 0 aliphatic rings. The Bertz CT molecular complexity index is 616. The molecular weight excluding hydrogens is 319 g/mol. The lowest BCUT2D eigenvalue weighted by Gasteiger charge is -2.29. The van der Waals surface area contributed by atoms with E-state index < -0.39 is 9.70 Å². The van der Waals surface area contributed by atoms with Crippen LogP contribution in [0.3, 0.4) is 0 Å². The van der Waals surface area contributed by atoms with Gasteiger partial charge in [-0.25, -0.2) is 0 Å². The third-order valence-electron chi connectivity index (χ3n) is 3.14. The number of benzene rings is 1. The molecule has 3 nitrogen and oxygen atoms in total. The molecule has 1 heterocycles. The SMILES string of the molecule is CC(C)N(Cc1c[nH]c2ccccc12)C(=O)C(Cl)(Cl)Cl. The van der Waals surface area contributed by atoms with Gasteiger partial charge in [0.25, 0.3) is 9.70 Å². The van der Waals surface area contributed by atoms with Crippen LogP contribution in [0.1, 0.15) is 19.4 Å². The van der Waals surface area contributed by atoms with Crippen molar-refractivity contribution in [3.63, 3.8) is 0 Å². The quantitative estimate of drug-likeness (QED) is 0.836. The van der Waals surface area contributed by atoms with E-state index in [0.717, 1.165) is 16.5 Å². The zero-order valence-corrected chi connectivity index (χ0v) is 13.4. The molecular formula is C14H15Cl3N2O. The minimum Gasteiger partial charge on any atom is -0.361 e. The lowest BCUT2D eigenvalue weighted by atomic mass is 10.1. The molecule has 1 N–H and O–H groups in total. The second-order valence-corrected chi connectivity index (χ2v) is 7.17. The number of aromatic amines is 1. The lowest BCUT2D eigenvalue weighted by molar-refractivity contribution is -0.132. The second kappa shape index (κ2) is 5.84. The molecule has 1 aromatic heterocycles. The van der Waals surface area contributed by atoms with Crippen LogP contribution in [0.15, 0.2) is 30.5 Å². The molecule has 20 heavy (non-hydrogen) atoms. The number of carbonyl (C=O) groups excluding carboxylic acids is 1. The first-order valence-corrected chi connectivity index (χ1v) is 7.37. The molecule has 1 aromatic carbocycles. The minimum absolute atomic E-state index is 0.0632. The number of para-hydroxylation sites is 1. The highest BCUT2D eigenvalue weighted by Crippen LogP contribution is 2.31. The number of fused-ring (bicyclic) bond motifs is 1. The maximum atomic E-state index is 12.2. The van der Waals surface area contributed by atoms with E-state index in [0.29, 0.717) is 6.54 Å². The molecule has 0 bridgehead atoms. The van der Waals surface area contributed by atoms with E-state index in [9.17, 15) is 4.79 Å². The molecule has 0 saturated carbocycles. The van der Waals surface area contributed by atoms with Gasteiger partial charge in [-0.05, 0) is 25.5 Å². The Morgan fingerprint density at radius 1 is 1.30 bits per heavy atom. The largest absolute Gasteiger partial charge is 0.361 e. The molecule has 0 saturated heterocycles. The van der Waals surface area contributed by atoms with Gasteiger partial charge in [-0.2, -0.15) is 0 Å². The van der Waals surface area contributed by atoms with Crippen molar-refractivity contribution < 1.29 is 4.79 Å². The summed E-state index contributed by atoms with van der Waals surface area (Å²) in [5, 5.41) is 1.07. The molecule has 0 atom stereocenters. The Morgan fingerprint density at radius 2 is 1.95 bits per heavy atom. The van der Waals surface area contributed by atoms with Crippen molar-refractivity contribution in [3.8, 4) is 0 Å². The van der Waals surface area contributed by atoms with E-state index in [-0.39, 0.29) is 6.04 Å². The van der Waals surface area contributed by atoms with Gasteiger partial charge in [-0.3, -0.25) is 4.79 Å². The number of halogens is 3. The minimum atomic E-state index is -1.93. The smallest absolute Gasteiger partial charge is 0.275 e. The molecule has 0 fully saturated rings. The molecule has 0 radical (unpaired) electrons. The molecule has 108 valence electrons. The maximum absolute atomic E-state index is 12.2. The first kappa shape index (κ1) is 15.5. The van der Waals surface area contributed by atoms with Crippen molar-refractivity contribution in [2.75, 3.05) is 0 Å². The Hall–Kier alpha value is -0.900. The van der Waals surface area contributed by atoms with Crippen LogP contribution in [0.5, 0.6) is 0 Å². The number of hydrogen-bond donors (Lipinski definition) is 1. The van der Waals surface area contributed by atoms with Gasteiger partial charge in [0.2, 0.25) is 0 Å². The Balaban J connectivity index is 2.31. The zero-order valence-electron chi connectivity index (χ0n) is 11.2. The van der Waals surface area contributed by atoms with Crippen molar-refractivity contribution in [2.45, 2.75) is 30.2 Å². The summed E-state index contributed by atoms with van der Waals surface area (Å²) < 4.78 is -1.93. The van der Waals surface area contributed by atoms with Crippen LogP contribution in [-0.4, -0.2) is 25.6 Å². The van der Waals surface area contributed by atoms with Crippen LogP contribution in [0, 0.1) is 0 Å². The van der Waals surface area contributed by atoms with Gasteiger partial charge in [-0.15, -0.1) is 0 Å². The summed E-state index contributed by atoms with van der Waals surface area (Å²) in [6.07, 6.45) is 1.88. The monoisotopic (exact) mass is 332 g/mol. The summed E-state index contributed by atoms with van der Waals surface area (Å²) in [5.74, 6) is -0.511. The fourth-order valence-electron chi connectivity index (χ4n) is 2.10. The number of hydrogen-bond acceptors (Lipinski definition) is 1. The van der Waals surface area contributed by atoms with Gasteiger partial charge < -0.3 is 9.88 Å². The molecule has 1 amide bonds. The fraction of sp³-hybridized carbons (Fsp3) is 0.357. The van der Waals surface area contributed by atoms with E-state index in [1.165, 1.54) is 0 Å². The second-order valence-electron chi connectivity index (χ2n) is 4.88. The van der Waals surface area contributed by atoms with Crippen LogP contribution >= 0.6 is 34.8 Å². The lowest BCUT2D eigenvalue weighted by Crippen LogP contribution is -2.43. The fourth-order valence-corrected chi connectivity index (χ4v) is 2.42. The van der Waals surface area contributed by atoms with Crippen LogP contribution < -0.4 is 0 Å². The topological polar surface area (TPSA) is 36.1 Å². The normalized spacial score (nSPS) is 12.1. The average Bonchev–Trinajstić information content (AvgIpc) is 2.77. The Morgan fingerprint density at radius 3 is 2.55 bits per heavy atom. The number of aromatic nitrogens is 1. The van der Waals surface area contributed by atoms with Crippen molar-refractivity contribution in [3.05, 3.63) is 36.0 Å². The number of rotatable bonds is 3. The molecule has 2 aromatic rings. The maximum Gasteiger partial charge on any atom is 0.275 e. The number of nitrogens with one attached hydrogen (secondary N) is 1. The van der Waals surface area contributed by atoms with E-state index in [1.807, 2.05) is 44.3 Å². The average molecular weight is 334 g/mol. The van der Waals surface area contributed by atoms with Gasteiger partial charge in [0.1, 0.15) is 0 Å². The van der Waals surface area contributed by atoms with E-state index >= 15 is 0 Å². The van der Waals surface area contributed by atoms with Crippen LogP contribution in [0.2, 0.25) is 0 Å². The molecule has 2 rings (SSSR count). The number of amides is 1. The molecule has 0 spiro atoms. The molecule has 6 heteroatoms. The van der Waals surface area contributed by atoms with Crippen LogP contribution in [0.4, 0.5) is 0 Å². The van der Waals surface area contributed by atoms with Crippen molar-refractivity contribution >= 4 is 51.6 Å². The van der Waals surface area contributed by atoms with E-state index in [4.69, 9.17) is 34.8 Å². The van der Waals surface area contributed by atoms with Gasteiger partial charge in [-0.1, -0.05) is 53.0 Å². The number of alkyl halides is 3. The number of nitrogens with zero attached hydrogens (tertiary/aromatic N) is 1. The van der Waals surface area contributed by atoms with Crippen molar-refractivity contribution in [1.82, 2.24) is 9.88 Å². The summed E-state index contributed by atoms with van der Waals surface area (Å²) in [4.78, 5) is 16.9. The third-order valence-corrected chi connectivity index (χ3v) is 3.63. The van der Waals surface area contributed by atoms with Crippen LogP contribution in [-0.2, 0) is 11.3 Å². The van der Waals surface area contributed by atoms with Crippen LogP contribution in [0.25, 0.3) is 10.9 Å². The molecule has 0 aliphatic heterocycles. The predicted molar refractivity (Wildman–Crippen MR) is 84.3 cm³/mol. The summed E-state index contributed by atoms with van der Waals surface area (Å²) in [7, 11) is 0. The van der Waals surface area contributed by atoms with Crippen molar-refractivity contribution in [2.24, 2.45) is 0 Å².